The van der Waals surface area contributed by atoms with Crippen molar-refractivity contribution in [1.29, 1.82) is 0 Å². The largest absolute Gasteiger partial charge is 0.341 e. The second-order valence-corrected chi connectivity index (χ2v) is 8.20. The third-order valence-corrected chi connectivity index (χ3v) is 5.84. The molecule has 0 N–H and O–H groups in total. The van der Waals surface area contributed by atoms with Crippen molar-refractivity contribution in [3.05, 3.63) is 64.1 Å². The first-order valence-corrected chi connectivity index (χ1v) is 10.3. The van der Waals surface area contributed by atoms with Crippen molar-refractivity contribution in [2.24, 2.45) is 7.05 Å². The average molecular weight is 445 g/mol. The number of amides is 1. The highest BCUT2D eigenvalue weighted by molar-refractivity contribution is 9.10. The fraction of sp³-hybridized carbons (Fsp3) is 0.250. The summed E-state index contributed by atoms with van der Waals surface area (Å²) in [5, 5.41) is 9.30. The van der Waals surface area contributed by atoms with Gasteiger partial charge in [-0.3, -0.25) is 4.79 Å². The number of hydrogen-bond donors (Lipinski definition) is 0. The van der Waals surface area contributed by atoms with Crippen LogP contribution in [0.15, 0.2) is 58.2 Å². The van der Waals surface area contributed by atoms with E-state index in [9.17, 15) is 4.79 Å². The Morgan fingerprint density at radius 2 is 1.85 bits per heavy atom. The maximum absolute atomic E-state index is 12.5. The molecule has 140 valence electrons. The number of carbonyl (C=O) groups is 1. The molecule has 27 heavy (non-hydrogen) atoms. The quantitative estimate of drug-likeness (QED) is 0.531. The van der Waals surface area contributed by atoms with Gasteiger partial charge < -0.3 is 9.47 Å². The highest BCUT2D eigenvalue weighted by atomic mass is 79.9. The van der Waals surface area contributed by atoms with Crippen molar-refractivity contribution in [2.45, 2.75) is 18.6 Å². The van der Waals surface area contributed by atoms with Crippen molar-refractivity contribution in [2.75, 3.05) is 12.8 Å². The Morgan fingerprint density at radius 1 is 1.15 bits per heavy atom. The number of aryl methyl sites for hydroxylation is 1. The molecule has 0 saturated carbocycles. The molecule has 0 aliphatic heterocycles. The van der Waals surface area contributed by atoms with Crippen LogP contribution in [0.25, 0.3) is 11.4 Å². The van der Waals surface area contributed by atoms with Crippen LogP contribution in [0.3, 0.4) is 0 Å². The molecule has 1 amide bonds. The first-order valence-electron chi connectivity index (χ1n) is 8.52. The van der Waals surface area contributed by atoms with E-state index < -0.39 is 0 Å². The number of thioether (sulfide) groups is 1. The predicted molar refractivity (Wildman–Crippen MR) is 113 cm³/mol. The van der Waals surface area contributed by atoms with Crippen LogP contribution in [0.1, 0.15) is 11.1 Å². The molecule has 2 aromatic carbocycles. The smallest absolute Gasteiger partial charge is 0.233 e. The molecular weight excluding hydrogens is 424 g/mol. The van der Waals surface area contributed by atoms with Crippen LogP contribution < -0.4 is 0 Å². The molecule has 0 fully saturated rings. The van der Waals surface area contributed by atoms with Crippen molar-refractivity contribution in [3.63, 3.8) is 0 Å². The average Bonchev–Trinajstić information content (AvgIpc) is 3.02. The molecule has 1 aromatic heterocycles. The molecule has 0 aliphatic rings. The second kappa shape index (κ2) is 8.71. The Hall–Kier alpha value is -2.12. The van der Waals surface area contributed by atoms with Gasteiger partial charge in [-0.25, -0.2) is 0 Å². The number of halogens is 1. The summed E-state index contributed by atoms with van der Waals surface area (Å²) in [6, 6.07) is 16.1. The summed E-state index contributed by atoms with van der Waals surface area (Å²) in [6.45, 7) is 2.64. The highest BCUT2D eigenvalue weighted by Gasteiger charge is 2.16. The van der Waals surface area contributed by atoms with Gasteiger partial charge in [-0.15, -0.1) is 10.2 Å². The van der Waals surface area contributed by atoms with Crippen LogP contribution in [0.4, 0.5) is 0 Å². The molecule has 3 rings (SSSR count). The van der Waals surface area contributed by atoms with E-state index in [1.165, 1.54) is 11.8 Å². The van der Waals surface area contributed by atoms with E-state index in [2.05, 4.69) is 39.1 Å². The number of rotatable bonds is 6. The zero-order valence-corrected chi connectivity index (χ0v) is 17.9. The van der Waals surface area contributed by atoms with Crippen LogP contribution in [-0.4, -0.2) is 38.4 Å². The second-order valence-electron chi connectivity index (χ2n) is 6.35. The molecule has 0 spiro atoms. The Labute approximate surface area is 171 Å². The minimum atomic E-state index is 0.0587. The standard InChI is InChI=1S/C20H21BrN4OS/c1-14-6-4-5-7-17(14)19-22-23-20(25(19)3)27-13-18(26)24(2)12-15-8-10-16(21)11-9-15/h4-11H,12-13H2,1-3H3. The number of benzene rings is 2. The van der Waals surface area contributed by atoms with Crippen molar-refractivity contribution >= 4 is 33.6 Å². The van der Waals surface area contributed by atoms with Gasteiger partial charge in [0.2, 0.25) is 5.91 Å². The molecule has 3 aromatic rings. The molecule has 1 heterocycles. The van der Waals surface area contributed by atoms with Crippen LogP contribution in [0, 0.1) is 6.92 Å². The first-order chi connectivity index (χ1) is 13.0. The van der Waals surface area contributed by atoms with Gasteiger partial charge in [0.1, 0.15) is 0 Å². The van der Waals surface area contributed by atoms with Crippen molar-refractivity contribution in [1.82, 2.24) is 19.7 Å². The summed E-state index contributed by atoms with van der Waals surface area (Å²) in [6.07, 6.45) is 0. The number of hydrogen-bond acceptors (Lipinski definition) is 4. The zero-order chi connectivity index (χ0) is 19.4. The summed E-state index contributed by atoms with van der Waals surface area (Å²) >= 11 is 4.83. The monoisotopic (exact) mass is 444 g/mol. The first kappa shape index (κ1) is 19.6. The van der Waals surface area contributed by atoms with Gasteiger partial charge >= 0.3 is 0 Å². The summed E-state index contributed by atoms with van der Waals surface area (Å²) in [4.78, 5) is 14.2. The summed E-state index contributed by atoms with van der Waals surface area (Å²) < 4.78 is 2.97. The van der Waals surface area contributed by atoms with Gasteiger partial charge in [-0.1, -0.05) is 64.1 Å². The minimum absolute atomic E-state index is 0.0587. The van der Waals surface area contributed by atoms with Crippen molar-refractivity contribution < 1.29 is 4.79 Å². The molecule has 0 atom stereocenters. The fourth-order valence-corrected chi connectivity index (χ4v) is 3.80. The predicted octanol–water partition coefficient (Wildman–Crippen LogP) is 4.30. The van der Waals surface area contributed by atoms with Crippen LogP contribution in [0.2, 0.25) is 0 Å². The molecule has 0 bridgehead atoms. The van der Waals surface area contributed by atoms with Gasteiger partial charge in [0.05, 0.1) is 5.75 Å². The van der Waals surface area contributed by atoms with E-state index in [0.717, 1.165) is 32.1 Å². The van der Waals surface area contributed by atoms with Crippen LogP contribution in [-0.2, 0) is 18.4 Å². The van der Waals surface area contributed by atoms with Crippen LogP contribution in [0.5, 0.6) is 0 Å². The van der Waals surface area contributed by atoms with Gasteiger partial charge in [-0.2, -0.15) is 0 Å². The van der Waals surface area contributed by atoms with E-state index in [0.29, 0.717) is 12.3 Å². The van der Waals surface area contributed by atoms with E-state index in [-0.39, 0.29) is 5.91 Å². The Kier molecular flexibility index (Phi) is 6.34. The lowest BCUT2D eigenvalue weighted by Crippen LogP contribution is -2.27. The normalized spacial score (nSPS) is 10.8. The summed E-state index contributed by atoms with van der Waals surface area (Å²) in [7, 11) is 3.75. The van der Waals surface area contributed by atoms with Gasteiger partial charge in [-0.05, 0) is 30.2 Å². The number of aromatic nitrogens is 3. The SMILES string of the molecule is Cc1ccccc1-c1nnc(SCC(=O)N(C)Cc2ccc(Br)cc2)n1C. The molecule has 7 heteroatoms. The van der Waals surface area contributed by atoms with Gasteiger partial charge in [0.25, 0.3) is 0 Å². The van der Waals surface area contributed by atoms with Crippen LogP contribution >= 0.6 is 27.7 Å². The molecule has 0 unspecified atom stereocenters. The lowest BCUT2D eigenvalue weighted by Gasteiger charge is -2.17. The minimum Gasteiger partial charge on any atom is -0.341 e. The zero-order valence-electron chi connectivity index (χ0n) is 15.5. The Bertz CT molecular complexity index is 939. The van der Waals surface area contributed by atoms with E-state index in [1.54, 1.807) is 4.90 Å². The highest BCUT2D eigenvalue weighted by Crippen LogP contribution is 2.25. The fourth-order valence-electron chi connectivity index (χ4n) is 2.69. The number of nitrogens with zero attached hydrogens (tertiary/aromatic N) is 4. The topological polar surface area (TPSA) is 51.0 Å². The molecule has 0 saturated heterocycles. The molecule has 5 nitrogen and oxygen atoms in total. The van der Waals surface area contributed by atoms with Gasteiger partial charge in [0.15, 0.2) is 11.0 Å². The molecule has 0 radical (unpaired) electrons. The maximum Gasteiger partial charge on any atom is 0.233 e. The molecule has 0 aliphatic carbocycles. The lowest BCUT2D eigenvalue weighted by atomic mass is 10.1. The Balaban J connectivity index is 1.62. The molecular formula is C20H21BrN4OS. The van der Waals surface area contributed by atoms with E-state index >= 15 is 0 Å². The summed E-state index contributed by atoms with van der Waals surface area (Å²) in [5.74, 6) is 1.20. The van der Waals surface area contributed by atoms with Crippen molar-refractivity contribution in [3.8, 4) is 11.4 Å². The number of carbonyl (C=O) groups excluding carboxylic acids is 1. The van der Waals surface area contributed by atoms with Gasteiger partial charge in [0, 0.05) is 30.7 Å². The Morgan fingerprint density at radius 3 is 2.56 bits per heavy atom. The third-order valence-electron chi connectivity index (χ3n) is 4.30. The third kappa shape index (κ3) is 4.78. The maximum atomic E-state index is 12.5. The lowest BCUT2D eigenvalue weighted by molar-refractivity contribution is -0.127. The van der Waals surface area contributed by atoms with E-state index in [4.69, 9.17) is 0 Å². The van der Waals surface area contributed by atoms with E-state index in [1.807, 2.05) is 61.1 Å². The summed E-state index contributed by atoms with van der Waals surface area (Å²) in [5.41, 5.74) is 3.30.